The number of nitrogens with two attached hydrogens (primary N) is 1. The van der Waals surface area contributed by atoms with Gasteiger partial charge in [0.15, 0.2) is 0 Å². The van der Waals surface area contributed by atoms with Crippen molar-refractivity contribution in [3.63, 3.8) is 0 Å². The Bertz CT molecular complexity index is 450. The van der Waals surface area contributed by atoms with Gasteiger partial charge in [-0.05, 0) is 18.4 Å². The van der Waals surface area contributed by atoms with Crippen molar-refractivity contribution in [1.29, 1.82) is 0 Å². The largest absolute Gasteiger partial charge is 0.368 e. The number of hydrogen-bond acceptors (Lipinski definition) is 3. The zero-order valence-corrected chi connectivity index (χ0v) is 13.6. The molecule has 0 aliphatic carbocycles. The molecule has 7 nitrogen and oxygen atoms in total. The fourth-order valence-electron chi connectivity index (χ4n) is 2.77. The number of hydrogen-bond donors (Lipinski definition) is 1. The molecule has 0 aromatic carbocycles. The first-order valence-electron chi connectivity index (χ1n) is 7.52. The van der Waals surface area contributed by atoms with Crippen LogP contribution in [0.15, 0.2) is 12.7 Å². The van der Waals surface area contributed by atoms with Gasteiger partial charge in [0.2, 0.25) is 11.8 Å². The van der Waals surface area contributed by atoms with Gasteiger partial charge in [0.05, 0.1) is 0 Å². The SMILES string of the molecule is C=CC(=O)N1CCCN(C(=O)N(C)[C@H](C(N)=O)C(C)C)CC1. The van der Waals surface area contributed by atoms with Gasteiger partial charge in [0, 0.05) is 33.2 Å². The van der Waals surface area contributed by atoms with Crippen molar-refractivity contribution < 1.29 is 14.4 Å². The molecule has 4 amide bonds. The first-order valence-corrected chi connectivity index (χ1v) is 7.52. The third-order valence-corrected chi connectivity index (χ3v) is 3.89. The fourth-order valence-corrected chi connectivity index (χ4v) is 2.77. The summed E-state index contributed by atoms with van der Waals surface area (Å²) in [6, 6.07) is -0.868. The predicted octanol–water partition coefficient (Wildman–Crippen LogP) is 0.268. The number of rotatable bonds is 4. The van der Waals surface area contributed by atoms with Gasteiger partial charge < -0.3 is 20.4 Å². The topological polar surface area (TPSA) is 87.0 Å². The Morgan fingerprint density at radius 1 is 1.14 bits per heavy atom. The van der Waals surface area contributed by atoms with Gasteiger partial charge in [-0.15, -0.1) is 0 Å². The Morgan fingerprint density at radius 3 is 2.18 bits per heavy atom. The molecule has 0 radical (unpaired) electrons. The minimum atomic E-state index is -0.637. The Kier molecular flexibility index (Phi) is 6.39. The number of carbonyl (C=O) groups is 3. The average Bonchev–Trinajstić information content (AvgIpc) is 2.70. The van der Waals surface area contributed by atoms with Crippen LogP contribution in [0.25, 0.3) is 0 Å². The molecular weight excluding hydrogens is 284 g/mol. The van der Waals surface area contributed by atoms with Gasteiger partial charge in [-0.3, -0.25) is 9.59 Å². The van der Waals surface area contributed by atoms with Crippen LogP contribution in [0.4, 0.5) is 4.79 Å². The maximum absolute atomic E-state index is 12.6. The van der Waals surface area contributed by atoms with Crippen LogP contribution in [0.3, 0.4) is 0 Å². The van der Waals surface area contributed by atoms with Crippen molar-refractivity contribution in [1.82, 2.24) is 14.7 Å². The van der Waals surface area contributed by atoms with Crippen LogP contribution in [0.5, 0.6) is 0 Å². The highest BCUT2D eigenvalue weighted by atomic mass is 16.2. The molecule has 1 atom stereocenters. The second-order valence-electron chi connectivity index (χ2n) is 5.85. The van der Waals surface area contributed by atoms with Crippen molar-refractivity contribution in [2.24, 2.45) is 11.7 Å². The van der Waals surface area contributed by atoms with Gasteiger partial charge in [0.25, 0.3) is 0 Å². The standard InChI is InChI=1S/C15H26N4O3/c1-5-12(20)18-7-6-8-19(10-9-18)15(22)17(4)13(11(2)3)14(16)21/h5,11,13H,1,6-10H2,2-4H3,(H2,16,21)/t13-/m0/s1. The molecule has 1 rings (SSSR count). The van der Waals surface area contributed by atoms with E-state index in [-0.39, 0.29) is 17.9 Å². The van der Waals surface area contributed by atoms with Crippen LogP contribution < -0.4 is 5.73 Å². The summed E-state index contributed by atoms with van der Waals surface area (Å²) in [4.78, 5) is 40.5. The molecule has 1 aliphatic heterocycles. The lowest BCUT2D eigenvalue weighted by Gasteiger charge is -2.33. The number of amides is 4. The molecule has 7 heteroatoms. The van der Waals surface area contributed by atoms with Gasteiger partial charge in [-0.25, -0.2) is 4.79 Å². The third-order valence-electron chi connectivity index (χ3n) is 3.89. The van der Waals surface area contributed by atoms with Gasteiger partial charge in [-0.1, -0.05) is 20.4 Å². The molecule has 1 heterocycles. The first kappa shape index (κ1) is 18.0. The molecule has 0 aromatic rings. The Hall–Kier alpha value is -2.05. The Morgan fingerprint density at radius 2 is 1.68 bits per heavy atom. The van der Waals surface area contributed by atoms with Crippen molar-refractivity contribution in [2.45, 2.75) is 26.3 Å². The average molecular weight is 310 g/mol. The summed E-state index contributed by atoms with van der Waals surface area (Å²) in [7, 11) is 1.59. The summed E-state index contributed by atoms with van der Waals surface area (Å²) in [5, 5.41) is 0. The van der Waals surface area contributed by atoms with Crippen molar-refractivity contribution in [3.05, 3.63) is 12.7 Å². The number of urea groups is 1. The maximum Gasteiger partial charge on any atom is 0.320 e. The normalized spacial score (nSPS) is 16.9. The lowest BCUT2D eigenvalue weighted by atomic mass is 10.0. The highest BCUT2D eigenvalue weighted by molar-refractivity contribution is 5.87. The monoisotopic (exact) mass is 310 g/mol. The number of primary amides is 1. The van der Waals surface area contributed by atoms with Crippen molar-refractivity contribution in [3.8, 4) is 0 Å². The van der Waals surface area contributed by atoms with E-state index in [1.165, 1.54) is 11.0 Å². The maximum atomic E-state index is 12.6. The highest BCUT2D eigenvalue weighted by Crippen LogP contribution is 2.13. The Labute approximate surface area is 131 Å². The van der Waals surface area contributed by atoms with E-state index in [2.05, 4.69) is 6.58 Å². The van der Waals surface area contributed by atoms with E-state index in [4.69, 9.17) is 5.73 Å². The molecule has 0 aromatic heterocycles. The van der Waals surface area contributed by atoms with E-state index in [0.29, 0.717) is 32.6 Å². The number of nitrogens with zero attached hydrogens (tertiary/aromatic N) is 3. The quantitative estimate of drug-likeness (QED) is 0.756. The molecular formula is C15H26N4O3. The summed E-state index contributed by atoms with van der Waals surface area (Å²) in [6.07, 6.45) is 1.98. The van der Waals surface area contributed by atoms with E-state index in [0.717, 1.165) is 0 Å². The van der Waals surface area contributed by atoms with Gasteiger partial charge in [-0.2, -0.15) is 0 Å². The lowest BCUT2D eigenvalue weighted by Crippen LogP contribution is -2.53. The fraction of sp³-hybridized carbons (Fsp3) is 0.667. The molecule has 2 N–H and O–H groups in total. The van der Waals surface area contributed by atoms with E-state index < -0.39 is 11.9 Å². The van der Waals surface area contributed by atoms with Crippen molar-refractivity contribution >= 4 is 17.8 Å². The third kappa shape index (κ3) is 4.22. The van der Waals surface area contributed by atoms with Crippen LogP contribution in [0.1, 0.15) is 20.3 Å². The molecule has 0 spiro atoms. The predicted molar refractivity (Wildman–Crippen MR) is 83.9 cm³/mol. The second kappa shape index (κ2) is 7.82. The molecule has 1 fully saturated rings. The van der Waals surface area contributed by atoms with Crippen LogP contribution in [0, 0.1) is 5.92 Å². The summed E-state index contributed by atoms with van der Waals surface area (Å²) in [6.45, 7) is 9.24. The molecule has 1 aliphatic rings. The summed E-state index contributed by atoms with van der Waals surface area (Å²) < 4.78 is 0. The van der Waals surface area contributed by atoms with Crippen LogP contribution in [-0.2, 0) is 9.59 Å². The van der Waals surface area contributed by atoms with E-state index in [1.807, 2.05) is 13.8 Å². The van der Waals surface area contributed by atoms with Crippen LogP contribution in [-0.4, -0.2) is 71.8 Å². The zero-order chi connectivity index (χ0) is 16.9. The van der Waals surface area contributed by atoms with Crippen LogP contribution in [0.2, 0.25) is 0 Å². The molecule has 0 saturated carbocycles. The zero-order valence-electron chi connectivity index (χ0n) is 13.6. The highest BCUT2D eigenvalue weighted by Gasteiger charge is 2.31. The lowest BCUT2D eigenvalue weighted by molar-refractivity contribution is -0.126. The minimum Gasteiger partial charge on any atom is -0.368 e. The molecule has 1 saturated heterocycles. The number of likely N-dealkylation sites (N-methyl/N-ethyl adjacent to an activating group) is 1. The van der Waals surface area contributed by atoms with Gasteiger partial charge >= 0.3 is 6.03 Å². The molecule has 0 unspecified atom stereocenters. The van der Waals surface area contributed by atoms with Gasteiger partial charge in [0.1, 0.15) is 6.04 Å². The minimum absolute atomic E-state index is 0.0581. The summed E-state index contributed by atoms with van der Waals surface area (Å²) >= 11 is 0. The summed E-state index contributed by atoms with van der Waals surface area (Å²) in [5.74, 6) is -0.693. The molecule has 124 valence electrons. The van der Waals surface area contributed by atoms with Crippen molar-refractivity contribution in [2.75, 3.05) is 33.2 Å². The van der Waals surface area contributed by atoms with E-state index >= 15 is 0 Å². The molecule has 0 bridgehead atoms. The first-order chi connectivity index (χ1) is 10.3. The van der Waals surface area contributed by atoms with Crippen LogP contribution >= 0.6 is 0 Å². The smallest absolute Gasteiger partial charge is 0.320 e. The van der Waals surface area contributed by atoms with E-state index in [9.17, 15) is 14.4 Å². The molecule has 22 heavy (non-hydrogen) atoms. The second-order valence-corrected chi connectivity index (χ2v) is 5.85. The summed E-state index contributed by atoms with van der Waals surface area (Å²) in [5.41, 5.74) is 5.40. The Balaban J connectivity index is 2.74. The van der Waals surface area contributed by atoms with E-state index in [1.54, 1.807) is 16.8 Å². The number of carbonyl (C=O) groups excluding carboxylic acids is 3.